The predicted octanol–water partition coefficient (Wildman–Crippen LogP) is 2.49. The summed E-state index contributed by atoms with van der Waals surface area (Å²) in [4.78, 5) is 17.9. The number of pyridine rings is 1. The van der Waals surface area contributed by atoms with Gasteiger partial charge in [0.15, 0.2) is 5.82 Å². The number of hydrogen-bond donors (Lipinski definition) is 2. The van der Waals surface area contributed by atoms with E-state index in [4.69, 9.17) is 9.97 Å². The van der Waals surface area contributed by atoms with Gasteiger partial charge in [-0.2, -0.15) is 0 Å². The number of nitrogens with zero attached hydrogens (tertiary/aromatic N) is 3. The minimum atomic E-state index is 0.749. The van der Waals surface area contributed by atoms with E-state index in [1.807, 2.05) is 24.5 Å². The third kappa shape index (κ3) is 3.50. The molecule has 0 bridgehead atoms. The van der Waals surface area contributed by atoms with Crippen molar-refractivity contribution in [3.63, 3.8) is 0 Å². The van der Waals surface area contributed by atoms with E-state index in [0.29, 0.717) is 0 Å². The molecule has 1 saturated heterocycles. The first-order valence-corrected chi connectivity index (χ1v) is 9.75. The highest BCUT2D eigenvalue weighted by Crippen LogP contribution is 2.33. The molecule has 4 rings (SSSR count). The van der Waals surface area contributed by atoms with Gasteiger partial charge in [-0.05, 0) is 37.1 Å². The number of quaternary nitrogens is 1. The van der Waals surface area contributed by atoms with Crippen molar-refractivity contribution >= 4 is 27.4 Å². The van der Waals surface area contributed by atoms with Gasteiger partial charge in [0.2, 0.25) is 0 Å². The topological polar surface area (TPSA) is 55.1 Å². The van der Waals surface area contributed by atoms with Gasteiger partial charge in [-0.1, -0.05) is 0 Å². The molecule has 0 atom stereocenters. The molecule has 6 heteroatoms. The molecule has 25 heavy (non-hydrogen) atoms. The average Bonchev–Trinajstić information content (AvgIpc) is 3.22. The molecule has 3 aromatic heterocycles. The maximum atomic E-state index is 4.90. The van der Waals surface area contributed by atoms with E-state index < -0.39 is 0 Å². The molecule has 3 aromatic rings. The second-order valence-electron chi connectivity index (χ2n) is 6.79. The fourth-order valence-corrected chi connectivity index (χ4v) is 4.51. The van der Waals surface area contributed by atoms with Gasteiger partial charge in [0.1, 0.15) is 17.2 Å². The molecule has 0 aromatic carbocycles. The van der Waals surface area contributed by atoms with Crippen LogP contribution >= 0.6 is 11.3 Å². The summed E-state index contributed by atoms with van der Waals surface area (Å²) in [5, 5.41) is 4.72. The second-order valence-corrected chi connectivity index (χ2v) is 8.00. The van der Waals surface area contributed by atoms with Gasteiger partial charge in [0.25, 0.3) is 0 Å². The van der Waals surface area contributed by atoms with Crippen molar-refractivity contribution in [1.29, 1.82) is 0 Å². The van der Waals surface area contributed by atoms with Crippen LogP contribution in [0.25, 0.3) is 10.2 Å². The van der Waals surface area contributed by atoms with Gasteiger partial charge in [-0.25, -0.2) is 9.97 Å². The molecule has 0 amide bonds. The Morgan fingerprint density at radius 2 is 1.88 bits per heavy atom. The van der Waals surface area contributed by atoms with Crippen molar-refractivity contribution in [3.8, 4) is 0 Å². The number of likely N-dealkylation sites (tertiary alicyclic amines) is 1. The Bertz CT molecular complexity index is 868. The van der Waals surface area contributed by atoms with Gasteiger partial charge >= 0.3 is 0 Å². The number of anilines is 1. The smallest absolute Gasteiger partial charge is 0.187 e. The summed E-state index contributed by atoms with van der Waals surface area (Å²) >= 11 is 1.78. The molecule has 4 heterocycles. The zero-order valence-electron chi connectivity index (χ0n) is 14.8. The summed E-state index contributed by atoms with van der Waals surface area (Å²) < 4.78 is 0. The first-order chi connectivity index (χ1) is 12.2. The lowest BCUT2D eigenvalue weighted by Gasteiger charge is -2.13. The summed E-state index contributed by atoms with van der Waals surface area (Å²) in [6, 6.07) is 4.07. The Morgan fingerprint density at radius 1 is 1.12 bits per heavy atom. The van der Waals surface area contributed by atoms with Crippen LogP contribution in [0.15, 0.2) is 24.5 Å². The molecule has 0 saturated carbocycles. The van der Waals surface area contributed by atoms with E-state index in [1.165, 1.54) is 47.3 Å². The Labute approximate surface area is 152 Å². The van der Waals surface area contributed by atoms with Crippen LogP contribution in [0.5, 0.6) is 0 Å². The van der Waals surface area contributed by atoms with Gasteiger partial charge in [-0.3, -0.25) is 4.98 Å². The molecule has 0 radical (unpaired) electrons. The van der Waals surface area contributed by atoms with Gasteiger partial charge in [0.05, 0.1) is 18.5 Å². The molecule has 1 aliphatic heterocycles. The minimum absolute atomic E-state index is 0.749. The normalized spacial score (nSPS) is 15.1. The van der Waals surface area contributed by atoms with Crippen LogP contribution in [0, 0.1) is 13.8 Å². The van der Waals surface area contributed by atoms with E-state index >= 15 is 0 Å². The Hall–Kier alpha value is -2.05. The third-order valence-corrected chi connectivity index (χ3v) is 6.10. The zero-order chi connectivity index (χ0) is 17.2. The summed E-state index contributed by atoms with van der Waals surface area (Å²) in [6.45, 7) is 8.49. The largest absolute Gasteiger partial charge is 0.365 e. The predicted molar refractivity (Wildman–Crippen MR) is 102 cm³/mol. The first-order valence-electron chi connectivity index (χ1n) is 8.93. The summed E-state index contributed by atoms with van der Waals surface area (Å²) in [5.41, 5.74) is 2.50. The van der Waals surface area contributed by atoms with Crippen LogP contribution in [0.4, 0.5) is 5.82 Å². The molecular formula is C19H24N5S+. The molecular weight excluding hydrogens is 330 g/mol. The van der Waals surface area contributed by atoms with Crippen LogP contribution in [-0.2, 0) is 13.1 Å². The lowest BCUT2D eigenvalue weighted by molar-refractivity contribution is -0.902. The van der Waals surface area contributed by atoms with Gasteiger partial charge < -0.3 is 10.2 Å². The van der Waals surface area contributed by atoms with Crippen LogP contribution < -0.4 is 10.2 Å². The quantitative estimate of drug-likeness (QED) is 0.739. The van der Waals surface area contributed by atoms with Crippen LogP contribution in [0.1, 0.15) is 34.7 Å². The zero-order valence-corrected chi connectivity index (χ0v) is 15.6. The number of fused-ring (bicyclic) bond motifs is 1. The monoisotopic (exact) mass is 354 g/mol. The Kier molecular flexibility index (Phi) is 4.63. The van der Waals surface area contributed by atoms with Crippen molar-refractivity contribution in [1.82, 2.24) is 15.0 Å². The molecule has 130 valence electrons. The van der Waals surface area contributed by atoms with Crippen LogP contribution in [-0.4, -0.2) is 28.0 Å². The van der Waals surface area contributed by atoms with Crippen molar-refractivity contribution < 1.29 is 4.90 Å². The molecule has 0 spiro atoms. The van der Waals surface area contributed by atoms with E-state index in [-0.39, 0.29) is 0 Å². The summed E-state index contributed by atoms with van der Waals surface area (Å²) in [7, 11) is 0. The van der Waals surface area contributed by atoms with Gasteiger partial charge in [0, 0.05) is 36.7 Å². The lowest BCUT2D eigenvalue weighted by Crippen LogP contribution is -3.08. The highest BCUT2D eigenvalue weighted by molar-refractivity contribution is 7.18. The molecule has 5 nitrogen and oxygen atoms in total. The van der Waals surface area contributed by atoms with Crippen LogP contribution in [0.3, 0.4) is 0 Å². The third-order valence-electron chi connectivity index (χ3n) is 5.00. The second kappa shape index (κ2) is 7.06. The van der Waals surface area contributed by atoms with Crippen molar-refractivity contribution in [2.75, 3.05) is 18.4 Å². The maximum absolute atomic E-state index is 4.90. The molecule has 2 N–H and O–H groups in total. The standard InChI is InChI=1S/C19H23N5S/c1-13-14(2)25-19-17(13)18(21-11-15-5-7-20-8-6-15)22-16(23-19)12-24-9-3-4-10-24/h5-8H,3-4,9-12H2,1-2H3,(H,21,22,23)/p+1. The van der Waals surface area contributed by atoms with Crippen molar-refractivity contribution in [2.45, 2.75) is 39.8 Å². The first kappa shape index (κ1) is 16.4. The summed E-state index contributed by atoms with van der Waals surface area (Å²) in [5.74, 6) is 1.93. The molecule has 1 aliphatic rings. The average molecular weight is 355 g/mol. The van der Waals surface area contributed by atoms with E-state index in [2.05, 4.69) is 24.1 Å². The fraction of sp³-hybridized carbons (Fsp3) is 0.421. The van der Waals surface area contributed by atoms with E-state index in [1.54, 1.807) is 16.2 Å². The van der Waals surface area contributed by atoms with Gasteiger partial charge in [-0.15, -0.1) is 11.3 Å². The minimum Gasteiger partial charge on any atom is -0.365 e. The SMILES string of the molecule is Cc1sc2nc(C[NH+]3CCCC3)nc(NCc3ccncc3)c2c1C. The van der Waals surface area contributed by atoms with E-state index in [9.17, 15) is 0 Å². The van der Waals surface area contributed by atoms with Crippen molar-refractivity contribution in [3.05, 3.63) is 46.4 Å². The number of aromatic nitrogens is 3. The number of thiophene rings is 1. The molecule has 1 fully saturated rings. The number of nitrogens with one attached hydrogen (secondary N) is 2. The highest BCUT2D eigenvalue weighted by atomic mass is 32.1. The molecule has 0 aliphatic carbocycles. The summed E-state index contributed by atoms with van der Waals surface area (Å²) in [6.07, 6.45) is 6.30. The Balaban J connectivity index is 1.66. The lowest BCUT2D eigenvalue weighted by atomic mass is 10.2. The molecule has 0 unspecified atom stereocenters. The number of hydrogen-bond acceptors (Lipinski definition) is 5. The van der Waals surface area contributed by atoms with Crippen molar-refractivity contribution in [2.24, 2.45) is 0 Å². The Morgan fingerprint density at radius 3 is 2.64 bits per heavy atom. The number of rotatable bonds is 5. The fourth-order valence-electron chi connectivity index (χ4n) is 3.46. The maximum Gasteiger partial charge on any atom is 0.187 e. The number of aryl methyl sites for hydroxylation is 2. The van der Waals surface area contributed by atoms with E-state index in [0.717, 1.165) is 29.6 Å². The van der Waals surface area contributed by atoms with Crippen LogP contribution in [0.2, 0.25) is 0 Å². The highest BCUT2D eigenvalue weighted by Gasteiger charge is 2.20.